The first-order chi connectivity index (χ1) is 29.4. The van der Waals surface area contributed by atoms with E-state index in [0.29, 0.717) is 71.1 Å². The number of ether oxygens (including phenoxy) is 3. The maximum absolute atomic E-state index is 13.5. The third kappa shape index (κ3) is 9.98. The van der Waals surface area contributed by atoms with Gasteiger partial charge in [0.05, 0.1) is 36.0 Å². The second kappa shape index (κ2) is 20.2. The molecule has 2 saturated heterocycles. The van der Waals surface area contributed by atoms with Crippen LogP contribution in [0.15, 0.2) is 42.5 Å². The fraction of sp³-hybridized carbons (Fsp3) is 0.452. The van der Waals surface area contributed by atoms with E-state index in [1.807, 2.05) is 53.7 Å². The minimum atomic E-state index is -0.650. The normalized spacial score (nSPS) is 14.5. The number of methoxy groups -OCH3 is 1. The number of hydrogen-bond donors (Lipinski definition) is 4. The van der Waals surface area contributed by atoms with Gasteiger partial charge in [0.25, 0.3) is 12.6 Å². The van der Waals surface area contributed by atoms with Crippen molar-refractivity contribution in [2.45, 2.75) is 85.8 Å². The number of nitrogens with zero attached hydrogens (tertiary/aromatic N) is 8. The Hall–Kier alpha value is -6.39. The van der Waals surface area contributed by atoms with E-state index in [1.165, 1.54) is 13.2 Å². The molecule has 0 radical (unpaired) electrons. The molecule has 3 amide bonds. The fourth-order valence-electron chi connectivity index (χ4n) is 7.74. The van der Waals surface area contributed by atoms with Crippen molar-refractivity contribution in [2.75, 3.05) is 51.0 Å². The van der Waals surface area contributed by atoms with E-state index in [0.717, 1.165) is 32.3 Å². The Morgan fingerprint density at radius 1 is 0.967 bits per heavy atom. The standard InChI is InChI=1S/C38H45BN12O6.2C2H6/c1-4-51-28(14-23(2)47-51)35(54)46-37-45-27-16-24(33(41)52)17-29(55-3)31(27)50(37)11-6-5-10-49-32-26(44-36(49)43)15-25(34(42)53)18-30(32)56-12-7-9-48-20-38(21-48)19-39(22-40)8-13-57-38;2*1-2/h5-6,14-18H,4,7-13,19-21H2,1-3H3,(H2,41,52)(H2,42,53)(H2,43,44)(H,45,46,54);2*1-2H3/b6-5+;;. The van der Waals surface area contributed by atoms with Gasteiger partial charge in [-0.3, -0.25) is 29.3 Å². The van der Waals surface area contributed by atoms with E-state index in [4.69, 9.17) is 31.4 Å². The van der Waals surface area contributed by atoms with Crippen LogP contribution in [0, 0.1) is 18.2 Å². The zero-order chi connectivity index (χ0) is 44.4. The molecule has 0 aliphatic carbocycles. The largest absolute Gasteiger partial charge is 0.494 e. The Kier molecular flexibility index (Phi) is 15.2. The predicted molar refractivity (Wildman–Crippen MR) is 236 cm³/mol. The highest BCUT2D eigenvalue weighted by Crippen LogP contribution is 2.35. The summed E-state index contributed by atoms with van der Waals surface area (Å²) in [5.74, 6) is 1.91. The number of carbonyl (C=O) groups excluding carboxylic acids is 3. The molecule has 61 heavy (non-hydrogen) atoms. The summed E-state index contributed by atoms with van der Waals surface area (Å²) in [5.41, 5.74) is 21.0. The van der Waals surface area contributed by atoms with Crippen molar-refractivity contribution in [3.63, 3.8) is 0 Å². The molecular formula is C42H57BN12O6. The van der Waals surface area contributed by atoms with E-state index < -0.39 is 17.7 Å². The Morgan fingerprint density at radius 3 is 2.21 bits per heavy atom. The number of fused-ring (bicyclic) bond motifs is 2. The van der Waals surface area contributed by atoms with Crippen LogP contribution in [-0.2, 0) is 24.4 Å². The summed E-state index contributed by atoms with van der Waals surface area (Å²) in [6, 6.07) is 7.97. The molecular weight excluding hydrogens is 779 g/mol. The number of nitrogens with two attached hydrogens (primary N) is 3. The minimum absolute atomic E-state index is 0.0424. The van der Waals surface area contributed by atoms with Gasteiger partial charge in [-0.2, -0.15) is 5.10 Å². The summed E-state index contributed by atoms with van der Waals surface area (Å²) < 4.78 is 23.1. The number of anilines is 2. The van der Waals surface area contributed by atoms with E-state index in [2.05, 4.69) is 31.3 Å². The molecule has 0 unspecified atom stereocenters. The Labute approximate surface area is 356 Å². The van der Waals surface area contributed by atoms with Crippen molar-refractivity contribution in [3.8, 4) is 17.5 Å². The van der Waals surface area contributed by atoms with Crippen LogP contribution in [-0.4, -0.2) is 104 Å². The first-order valence-electron chi connectivity index (χ1n) is 20.8. The first-order valence-corrected chi connectivity index (χ1v) is 20.8. The average Bonchev–Trinajstić information content (AvgIpc) is 3.92. The Bertz CT molecular complexity index is 2440. The lowest BCUT2D eigenvalue weighted by Gasteiger charge is -2.52. The van der Waals surface area contributed by atoms with Crippen LogP contribution in [0.1, 0.15) is 77.9 Å². The molecule has 3 aromatic heterocycles. The number of nitrogen functional groups attached to an aromatic ring is 1. The highest BCUT2D eigenvalue weighted by molar-refractivity contribution is 6.67. The zero-order valence-corrected chi connectivity index (χ0v) is 36.2. The van der Waals surface area contributed by atoms with Crippen molar-refractivity contribution in [1.29, 1.82) is 5.26 Å². The summed E-state index contributed by atoms with van der Waals surface area (Å²) in [6.45, 7) is 16.1. The molecule has 324 valence electrons. The average molecular weight is 837 g/mol. The van der Waals surface area contributed by atoms with Gasteiger partial charge in [-0.25, -0.2) is 15.2 Å². The second-order valence-corrected chi connectivity index (χ2v) is 14.4. The van der Waals surface area contributed by atoms with E-state index in [1.54, 1.807) is 38.1 Å². The lowest BCUT2D eigenvalue weighted by atomic mass is 9.42. The number of hydrogen-bond acceptors (Lipinski definition) is 12. The zero-order valence-electron chi connectivity index (χ0n) is 36.2. The smallest absolute Gasteiger partial charge is 0.276 e. The van der Waals surface area contributed by atoms with Crippen LogP contribution < -0.4 is 32.0 Å². The van der Waals surface area contributed by atoms with Crippen molar-refractivity contribution >= 4 is 58.4 Å². The molecule has 2 aliphatic heterocycles. The first kappa shape index (κ1) is 45.7. The van der Waals surface area contributed by atoms with E-state index >= 15 is 0 Å². The van der Waals surface area contributed by atoms with Gasteiger partial charge in [0.2, 0.25) is 23.7 Å². The summed E-state index contributed by atoms with van der Waals surface area (Å²) >= 11 is 0. The predicted octanol–water partition coefficient (Wildman–Crippen LogP) is 4.67. The van der Waals surface area contributed by atoms with Crippen molar-refractivity contribution in [3.05, 3.63) is 65.0 Å². The molecule has 18 nitrogen and oxygen atoms in total. The Morgan fingerprint density at radius 2 is 1.59 bits per heavy atom. The molecule has 0 atom stereocenters. The molecule has 0 saturated carbocycles. The molecule has 5 aromatic rings. The molecule has 2 fully saturated rings. The van der Waals surface area contributed by atoms with Crippen LogP contribution in [0.4, 0.5) is 11.9 Å². The molecule has 7 N–H and O–H groups in total. The van der Waals surface area contributed by atoms with E-state index in [9.17, 15) is 19.6 Å². The number of nitriles is 1. The number of nitrogens with one attached hydrogen (secondary N) is 1. The number of allylic oxidation sites excluding steroid dienone is 2. The summed E-state index contributed by atoms with van der Waals surface area (Å²) in [7, 11) is 1.47. The third-order valence-electron chi connectivity index (χ3n) is 10.4. The van der Waals surface area contributed by atoms with Gasteiger partial charge in [-0.15, -0.1) is 0 Å². The monoisotopic (exact) mass is 836 g/mol. The van der Waals surface area contributed by atoms with Crippen molar-refractivity contribution in [2.24, 2.45) is 11.5 Å². The van der Waals surface area contributed by atoms with Gasteiger partial charge in [-0.1, -0.05) is 39.8 Å². The lowest BCUT2D eigenvalue weighted by Crippen LogP contribution is -2.65. The number of aryl methyl sites for hydroxylation is 2. The van der Waals surface area contributed by atoms with Crippen LogP contribution in [0.5, 0.6) is 11.5 Å². The maximum Gasteiger partial charge on any atom is 0.276 e. The van der Waals surface area contributed by atoms with Gasteiger partial charge in [0.1, 0.15) is 28.2 Å². The molecule has 7 rings (SSSR count). The molecule has 19 heteroatoms. The summed E-state index contributed by atoms with van der Waals surface area (Å²) in [6.07, 6.45) is 6.02. The third-order valence-corrected chi connectivity index (χ3v) is 10.4. The van der Waals surface area contributed by atoms with Crippen LogP contribution in [0.25, 0.3) is 22.1 Å². The molecule has 2 aliphatic rings. The van der Waals surface area contributed by atoms with Gasteiger partial charge in [0, 0.05) is 63.0 Å². The number of carbonyl (C=O) groups is 3. The number of primary amides is 2. The van der Waals surface area contributed by atoms with Gasteiger partial charge >= 0.3 is 0 Å². The van der Waals surface area contributed by atoms with Crippen LogP contribution >= 0.6 is 0 Å². The Balaban J connectivity index is 0.00000171. The summed E-state index contributed by atoms with van der Waals surface area (Å²) in [5, 5.41) is 16.7. The maximum atomic E-state index is 13.5. The lowest BCUT2D eigenvalue weighted by molar-refractivity contribution is -0.134. The SMILES string of the molecule is CC.CC.CCn1nc(C)cc1C(=O)Nc1nc2cc(C(N)=O)cc(OC)c2n1C/C=C/Cn1c(N)nc2cc(C(N)=O)cc(OCCCN3CC4(CB(C#N)CCO4)C3)c21. The quantitative estimate of drug-likeness (QED) is 0.0638. The highest BCUT2D eigenvalue weighted by atomic mass is 16.5. The van der Waals surface area contributed by atoms with Crippen molar-refractivity contribution in [1.82, 2.24) is 33.8 Å². The minimum Gasteiger partial charge on any atom is -0.494 e. The number of likely N-dealkylation sites (tertiary alicyclic amines) is 1. The summed E-state index contributed by atoms with van der Waals surface area (Å²) in [4.78, 5) is 49.4. The van der Waals surface area contributed by atoms with Crippen LogP contribution in [0.2, 0.25) is 12.6 Å². The number of aromatic nitrogens is 6. The van der Waals surface area contributed by atoms with Gasteiger partial charge in [-0.05, 0) is 63.2 Å². The van der Waals surface area contributed by atoms with Crippen molar-refractivity contribution < 1.29 is 28.6 Å². The molecule has 2 aromatic carbocycles. The van der Waals surface area contributed by atoms with Gasteiger partial charge in [0.15, 0.2) is 0 Å². The number of imidazole rings is 2. The molecule has 5 heterocycles. The number of rotatable bonds is 15. The molecule has 1 spiro atoms. The number of amides is 3. The van der Waals surface area contributed by atoms with E-state index in [-0.39, 0.29) is 48.4 Å². The molecule has 0 bridgehead atoms. The topological polar surface area (TPSA) is 249 Å². The van der Waals surface area contributed by atoms with Gasteiger partial charge < -0.3 is 40.5 Å². The highest BCUT2D eigenvalue weighted by Gasteiger charge is 2.48. The van der Waals surface area contributed by atoms with Crippen LogP contribution in [0.3, 0.4) is 0 Å². The number of benzene rings is 2. The fourth-order valence-corrected chi connectivity index (χ4v) is 7.74. The second-order valence-electron chi connectivity index (χ2n) is 14.4.